The molecule has 1 aromatic heterocycles. The van der Waals surface area contributed by atoms with E-state index in [1.54, 1.807) is 4.68 Å². The predicted molar refractivity (Wildman–Crippen MR) is 73.0 cm³/mol. The summed E-state index contributed by atoms with van der Waals surface area (Å²) < 4.78 is 3.02. The van der Waals surface area contributed by atoms with E-state index in [-0.39, 0.29) is 6.04 Å². The highest BCUT2D eigenvalue weighted by Gasteiger charge is 2.08. The molecule has 2 N–H and O–H groups in total. The molecule has 0 aliphatic rings. The van der Waals surface area contributed by atoms with Gasteiger partial charge in [0.2, 0.25) is 0 Å². The lowest BCUT2D eigenvalue weighted by molar-refractivity contribution is 0.718. The zero-order chi connectivity index (χ0) is 11.5. The minimum atomic E-state index is 0.0407. The molecule has 3 nitrogen and oxygen atoms in total. The van der Waals surface area contributed by atoms with Gasteiger partial charge in [-0.3, -0.25) is 4.68 Å². The standard InChI is InChI=1S/C12H14IN3/c1-16-8-9(7-15-16)5-12(14)10-3-2-4-11(13)6-10/h2-4,6-8,12H,5,14H2,1H3. The molecule has 0 radical (unpaired) electrons. The molecule has 16 heavy (non-hydrogen) atoms. The number of hydrogen-bond donors (Lipinski definition) is 1. The van der Waals surface area contributed by atoms with Crippen molar-refractivity contribution in [3.8, 4) is 0 Å². The molecule has 0 saturated carbocycles. The number of aryl methyl sites for hydroxylation is 1. The van der Waals surface area contributed by atoms with Crippen LogP contribution in [0.4, 0.5) is 0 Å². The number of nitrogens with two attached hydrogens (primary N) is 1. The fourth-order valence-electron chi connectivity index (χ4n) is 1.69. The maximum atomic E-state index is 6.16. The fraction of sp³-hybridized carbons (Fsp3) is 0.250. The lowest BCUT2D eigenvalue weighted by atomic mass is 10.0. The van der Waals surface area contributed by atoms with E-state index in [2.05, 4.69) is 45.9 Å². The van der Waals surface area contributed by atoms with Crippen LogP contribution in [0.25, 0.3) is 0 Å². The van der Waals surface area contributed by atoms with Crippen LogP contribution < -0.4 is 5.73 Å². The second-order valence-corrected chi connectivity index (χ2v) is 5.13. The van der Waals surface area contributed by atoms with Crippen molar-refractivity contribution in [3.05, 3.63) is 51.4 Å². The third kappa shape index (κ3) is 2.82. The van der Waals surface area contributed by atoms with E-state index >= 15 is 0 Å². The smallest absolute Gasteiger partial charge is 0.0522 e. The second kappa shape index (κ2) is 4.97. The van der Waals surface area contributed by atoms with E-state index in [4.69, 9.17) is 5.73 Å². The second-order valence-electron chi connectivity index (χ2n) is 3.89. The quantitative estimate of drug-likeness (QED) is 0.879. The molecule has 0 aliphatic heterocycles. The van der Waals surface area contributed by atoms with E-state index in [0.717, 1.165) is 6.42 Å². The number of aromatic nitrogens is 2. The van der Waals surface area contributed by atoms with Crippen LogP contribution in [0.15, 0.2) is 36.7 Å². The SMILES string of the molecule is Cn1cc(CC(N)c2cccc(I)c2)cn1. The first kappa shape index (κ1) is 11.6. The molecule has 2 aromatic rings. The maximum absolute atomic E-state index is 6.16. The lowest BCUT2D eigenvalue weighted by Crippen LogP contribution is -2.13. The van der Waals surface area contributed by atoms with E-state index in [1.165, 1.54) is 14.7 Å². The van der Waals surface area contributed by atoms with Crippen molar-refractivity contribution < 1.29 is 0 Å². The zero-order valence-electron chi connectivity index (χ0n) is 9.10. The first-order chi connectivity index (χ1) is 7.65. The Morgan fingerprint density at radius 2 is 2.31 bits per heavy atom. The van der Waals surface area contributed by atoms with E-state index in [0.29, 0.717) is 0 Å². The number of rotatable bonds is 3. The Balaban J connectivity index is 2.11. The fourth-order valence-corrected chi connectivity index (χ4v) is 2.25. The van der Waals surface area contributed by atoms with Crippen molar-refractivity contribution in [3.63, 3.8) is 0 Å². The number of nitrogens with zero attached hydrogens (tertiary/aromatic N) is 2. The van der Waals surface area contributed by atoms with Crippen LogP contribution in [0, 0.1) is 3.57 Å². The summed E-state index contributed by atoms with van der Waals surface area (Å²) in [7, 11) is 1.92. The molecule has 2 rings (SSSR count). The van der Waals surface area contributed by atoms with Crippen LogP contribution in [0.5, 0.6) is 0 Å². The first-order valence-corrected chi connectivity index (χ1v) is 6.21. The number of benzene rings is 1. The van der Waals surface area contributed by atoms with Gasteiger partial charge in [-0.25, -0.2) is 0 Å². The molecule has 4 heteroatoms. The summed E-state index contributed by atoms with van der Waals surface area (Å²) >= 11 is 2.30. The Morgan fingerprint density at radius 3 is 2.94 bits per heavy atom. The minimum absolute atomic E-state index is 0.0407. The Kier molecular flexibility index (Phi) is 3.60. The van der Waals surface area contributed by atoms with Gasteiger partial charge < -0.3 is 5.73 Å². The van der Waals surface area contributed by atoms with Crippen LogP contribution in [-0.4, -0.2) is 9.78 Å². The molecular formula is C12H14IN3. The van der Waals surface area contributed by atoms with Gasteiger partial charge in [0, 0.05) is 22.9 Å². The van der Waals surface area contributed by atoms with E-state index < -0.39 is 0 Å². The lowest BCUT2D eigenvalue weighted by Gasteiger charge is -2.10. The van der Waals surface area contributed by atoms with Crippen LogP contribution >= 0.6 is 22.6 Å². The van der Waals surface area contributed by atoms with Crippen molar-refractivity contribution in [2.24, 2.45) is 12.8 Å². The molecule has 84 valence electrons. The monoisotopic (exact) mass is 327 g/mol. The molecule has 0 saturated heterocycles. The van der Waals surface area contributed by atoms with Gasteiger partial charge >= 0.3 is 0 Å². The average Bonchev–Trinajstić information content (AvgIpc) is 2.64. The number of halogens is 1. The molecule has 1 aromatic carbocycles. The van der Waals surface area contributed by atoms with Gasteiger partial charge in [0.25, 0.3) is 0 Å². The highest BCUT2D eigenvalue weighted by molar-refractivity contribution is 14.1. The highest BCUT2D eigenvalue weighted by Crippen LogP contribution is 2.17. The first-order valence-electron chi connectivity index (χ1n) is 5.14. The molecule has 1 unspecified atom stereocenters. The van der Waals surface area contributed by atoms with Crippen molar-refractivity contribution in [1.29, 1.82) is 0 Å². The van der Waals surface area contributed by atoms with Crippen molar-refractivity contribution >= 4 is 22.6 Å². The van der Waals surface area contributed by atoms with Gasteiger partial charge in [-0.15, -0.1) is 0 Å². The zero-order valence-corrected chi connectivity index (χ0v) is 11.3. The van der Waals surface area contributed by atoms with Crippen LogP contribution in [0.3, 0.4) is 0 Å². The van der Waals surface area contributed by atoms with Crippen molar-refractivity contribution in [2.75, 3.05) is 0 Å². The molecule has 1 atom stereocenters. The predicted octanol–water partition coefficient (Wildman–Crippen LogP) is 2.27. The molecule has 0 spiro atoms. The van der Waals surface area contributed by atoms with E-state index in [9.17, 15) is 0 Å². The Bertz CT molecular complexity index is 479. The van der Waals surface area contributed by atoms with Gasteiger partial charge in [-0.1, -0.05) is 12.1 Å². The summed E-state index contributed by atoms with van der Waals surface area (Å²) in [4.78, 5) is 0. The topological polar surface area (TPSA) is 43.8 Å². The summed E-state index contributed by atoms with van der Waals surface area (Å²) in [5.74, 6) is 0. The Labute approximate surface area is 109 Å². The van der Waals surface area contributed by atoms with Gasteiger partial charge in [0.15, 0.2) is 0 Å². The summed E-state index contributed by atoms with van der Waals surface area (Å²) in [6.07, 6.45) is 4.70. The van der Waals surface area contributed by atoms with E-state index in [1.807, 2.05) is 25.5 Å². The average molecular weight is 327 g/mol. The molecular weight excluding hydrogens is 313 g/mol. The van der Waals surface area contributed by atoms with Crippen LogP contribution in [0.1, 0.15) is 17.2 Å². The van der Waals surface area contributed by atoms with Gasteiger partial charge in [0.05, 0.1) is 6.20 Å². The maximum Gasteiger partial charge on any atom is 0.0522 e. The largest absolute Gasteiger partial charge is 0.324 e. The third-order valence-corrected chi connectivity index (χ3v) is 3.16. The third-order valence-electron chi connectivity index (χ3n) is 2.49. The molecule has 0 bridgehead atoms. The van der Waals surface area contributed by atoms with Gasteiger partial charge in [0.1, 0.15) is 0 Å². The molecule has 0 aliphatic carbocycles. The van der Waals surface area contributed by atoms with Gasteiger partial charge in [-0.2, -0.15) is 5.10 Å². The summed E-state index contributed by atoms with van der Waals surface area (Å²) in [5.41, 5.74) is 8.52. The summed E-state index contributed by atoms with van der Waals surface area (Å²) in [6, 6.07) is 8.35. The normalized spacial score (nSPS) is 12.7. The summed E-state index contributed by atoms with van der Waals surface area (Å²) in [5, 5.41) is 4.14. The molecule has 1 heterocycles. The van der Waals surface area contributed by atoms with Crippen LogP contribution in [0.2, 0.25) is 0 Å². The Morgan fingerprint density at radius 1 is 1.50 bits per heavy atom. The van der Waals surface area contributed by atoms with Crippen molar-refractivity contribution in [2.45, 2.75) is 12.5 Å². The van der Waals surface area contributed by atoms with Crippen LogP contribution in [-0.2, 0) is 13.5 Å². The molecule has 0 fully saturated rings. The Hall–Kier alpha value is -0.880. The summed E-state index contributed by atoms with van der Waals surface area (Å²) in [6.45, 7) is 0. The van der Waals surface area contributed by atoms with Crippen molar-refractivity contribution in [1.82, 2.24) is 9.78 Å². The van der Waals surface area contributed by atoms with Gasteiger partial charge in [-0.05, 0) is 52.3 Å². The molecule has 0 amide bonds. The number of hydrogen-bond acceptors (Lipinski definition) is 2. The minimum Gasteiger partial charge on any atom is -0.324 e. The highest BCUT2D eigenvalue weighted by atomic mass is 127.